The maximum absolute atomic E-state index is 12.4. The standard InChI is InChI=1S/C17H19ClN3O2S/c18-17-13-16(20-24(22,23)21-10-8-19-9-11-21)7-6-15(17)12-14-4-2-1-3-5-14/h1-7,13,20H,8-12H2. The van der Waals surface area contributed by atoms with Gasteiger partial charge in [0.2, 0.25) is 0 Å². The average molecular weight is 365 g/mol. The molecule has 0 bridgehead atoms. The van der Waals surface area contributed by atoms with Crippen molar-refractivity contribution in [2.75, 3.05) is 30.9 Å². The fraction of sp³-hybridized carbons (Fsp3) is 0.294. The largest absolute Gasteiger partial charge is 0.301 e. The van der Waals surface area contributed by atoms with Gasteiger partial charge in [0.1, 0.15) is 0 Å². The maximum atomic E-state index is 12.4. The molecule has 2 aromatic rings. The highest BCUT2D eigenvalue weighted by atomic mass is 35.5. The molecule has 3 rings (SSSR count). The Labute approximate surface area is 147 Å². The van der Waals surface area contributed by atoms with Crippen LogP contribution in [0.1, 0.15) is 11.1 Å². The van der Waals surface area contributed by atoms with Crippen LogP contribution in [0.15, 0.2) is 48.5 Å². The summed E-state index contributed by atoms with van der Waals surface area (Å²) in [5, 5.41) is 4.71. The van der Waals surface area contributed by atoms with Gasteiger partial charge in [-0.25, -0.2) is 5.32 Å². The Morgan fingerprint density at radius 3 is 2.46 bits per heavy atom. The summed E-state index contributed by atoms with van der Waals surface area (Å²) in [6.45, 7) is 1.90. The smallest absolute Gasteiger partial charge is 0.271 e. The molecule has 1 heterocycles. The topological polar surface area (TPSA) is 63.5 Å². The lowest BCUT2D eigenvalue weighted by Gasteiger charge is -2.26. The van der Waals surface area contributed by atoms with Gasteiger partial charge in [-0.1, -0.05) is 48.0 Å². The summed E-state index contributed by atoms with van der Waals surface area (Å²) in [6, 6.07) is 15.3. The van der Waals surface area contributed by atoms with E-state index in [-0.39, 0.29) is 0 Å². The van der Waals surface area contributed by atoms with E-state index < -0.39 is 10.2 Å². The van der Waals surface area contributed by atoms with Gasteiger partial charge < -0.3 is 0 Å². The zero-order valence-corrected chi connectivity index (χ0v) is 14.7. The zero-order valence-electron chi connectivity index (χ0n) is 13.2. The normalized spacial score (nSPS) is 16.0. The number of hydrogen-bond acceptors (Lipinski definition) is 2. The van der Waals surface area contributed by atoms with Crippen molar-refractivity contribution in [3.8, 4) is 0 Å². The first-order chi connectivity index (χ1) is 11.5. The van der Waals surface area contributed by atoms with Crippen LogP contribution in [0.4, 0.5) is 5.69 Å². The van der Waals surface area contributed by atoms with Gasteiger partial charge in [-0.05, 0) is 29.7 Å². The molecule has 0 saturated carbocycles. The van der Waals surface area contributed by atoms with Crippen LogP contribution < -0.4 is 10.0 Å². The first-order valence-electron chi connectivity index (χ1n) is 7.78. The van der Waals surface area contributed by atoms with Gasteiger partial charge in [-0.3, -0.25) is 4.72 Å². The lowest BCUT2D eigenvalue weighted by atomic mass is 10.0. The van der Waals surface area contributed by atoms with Crippen LogP contribution in [-0.2, 0) is 16.6 Å². The maximum Gasteiger partial charge on any atom is 0.301 e. The summed E-state index contributed by atoms with van der Waals surface area (Å²) in [6.07, 6.45) is 0.709. The highest BCUT2D eigenvalue weighted by molar-refractivity contribution is 7.90. The molecule has 0 atom stereocenters. The van der Waals surface area contributed by atoms with Crippen LogP contribution in [0.25, 0.3) is 0 Å². The van der Waals surface area contributed by atoms with E-state index in [4.69, 9.17) is 11.6 Å². The molecule has 0 amide bonds. The monoisotopic (exact) mass is 364 g/mol. The average Bonchev–Trinajstić information content (AvgIpc) is 2.59. The van der Waals surface area contributed by atoms with Crippen LogP contribution in [0.3, 0.4) is 0 Å². The highest BCUT2D eigenvalue weighted by Crippen LogP contribution is 2.24. The zero-order chi connectivity index (χ0) is 17.0. The third kappa shape index (κ3) is 4.27. The third-order valence-electron chi connectivity index (χ3n) is 3.89. The van der Waals surface area contributed by atoms with E-state index in [1.165, 1.54) is 4.31 Å². The third-order valence-corrected chi connectivity index (χ3v) is 5.78. The summed E-state index contributed by atoms with van der Waals surface area (Å²) in [4.78, 5) is 0. The Morgan fingerprint density at radius 2 is 1.79 bits per heavy atom. The van der Waals surface area contributed by atoms with E-state index in [1.807, 2.05) is 36.4 Å². The number of nitrogens with zero attached hydrogens (tertiary/aromatic N) is 2. The van der Waals surface area contributed by atoms with Crippen molar-refractivity contribution in [1.29, 1.82) is 0 Å². The molecule has 7 heteroatoms. The van der Waals surface area contributed by atoms with Crippen molar-refractivity contribution >= 4 is 27.5 Å². The molecule has 24 heavy (non-hydrogen) atoms. The quantitative estimate of drug-likeness (QED) is 0.886. The lowest BCUT2D eigenvalue weighted by molar-refractivity contribution is 0.358. The summed E-state index contributed by atoms with van der Waals surface area (Å²) >= 11 is 6.33. The molecule has 1 saturated heterocycles. The van der Waals surface area contributed by atoms with Gasteiger partial charge in [0, 0.05) is 31.2 Å². The molecule has 1 radical (unpaired) electrons. The summed E-state index contributed by atoms with van der Waals surface area (Å²) in [5.41, 5.74) is 2.59. The minimum atomic E-state index is -3.56. The van der Waals surface area contributed by atoms with Crippen LogP contribution in [-0.4, -0.2) is 38.9 Å². The number of rotatable bonds is 5. The molecule has 0 spiro atoms. The van der Waals surface area contributed by atoms with Crippen LogP contribution >= 0.6 is 11.6 Å². The Hall–Kier alpha value is -1.60. The van der Waals surface area contributed by atoms with E-state index in [0.29, 0.717) is 43.3 Å². The van der Waals surface area contributed by atoms with Gasteiger partial charge in [-0.2, -0.15) is 12.7 Å². The second-order valence-electron chi connectivity index (χ2n) is 5.65. The molecule has 5 nitrogen and oxygen atoms in total. The van der Waals surface area contributed by atoms with E-state index in [9.17, 15) is 8.42 Å². The molecule has 2 aromatic carbocycles. The van der Waals surface area contributed by atoms with E-state index in [0.717, 1.165) is 11.1 Å². The van der Waals surface area contributed by atoms with Crippen molar-refractivity contribution < 1.29 is 8.42 Å². The highest BCUT2D eigenvalue weighted by Gasteiger charge is 2.24. The molecule has 1 aliphatic heterocycles. The Morgan fingerprint density at radius 1 is 1.08 bits per heavy atom. The number of nitrogens with one attached hydrogen (secondary N) is 1. The number of benzene rings is 2. The SMILES string of the molecule is O=S(=O)(Nc1ccc(Cc2ccccc2)c(Cl)c1)N1CC[N]CC1. The van der Waals surface area contributed by atoms with E-state index >= 15 is 0 Å². The second-order valence-corrected chi connectivity index (χ2v) is 7.72. The van der Waals surface area contributed by atoms with Gasteiger partial charge in [0.25, 0.3) is 0 Å². The lowest BCUT2D eigenvalue weighted by Crippen LogP contribution is -2.46. The molecule has 0 unspecified atom stereocenters. The summed E-state index contributed by atoms with van der Waals surface area (Å²) in [5.74, 6) is 0. The molecule has 1 aliphatic rings. The van der Waals surface area contributed by atoms with E-state index in [2.05, 4.69) is 10.0 Å². The molecule has 0 aromatic heterocycles. The Balaban J connectivity index is 1.72. The molecular formula is C17H19ClN3O2S. The van der Waals surface area contributed by atoms with Crippen molar-refractivity contribution in [1.82, 2.24) is 9.62 Å². The van der Waals surface area contributed by atoms with Gasteiger partial charge in [-0.15, -0.1) is 0 Å². The Bertz CT molecular complexity index is 791. The summed E-state index contributed by atoms with van der Waals surface area (Å²) in [7, 11) is -3.56. The molecular weight excluding hydrogens is 346 g/mol. The summed E-state index contributed by atoms with van der Waals surface area (Å²) < 4.78 is 28.7. The van der Waals surface area contributed by atoms with Crippen LogP contribution in [0.5, 0.6) is 0 Å². The second kappa shape index (κ2) is 7.53. The van der Waals surface area contributed by atoms with Crippen LogP contribution in [0, 0.1) is 0 Å². The molecule has 1 fully saturated rings. The van der Waals surface area contributed by atoms with Crippen molar-refractivity contribution in [2.45, 2.75) is 6.42 Å². The van der Waals surface area contributed by atoms with Gasteiger partial charge >= 0.3 is 10.2 Å². The van der Waals surface area contributed by atoms with E-state index in [1.54, 1.807) is 12.1 Å². The van der Waals surface area contributed by atoms with Crippen molar-refractivity contribution in [3.63, 3.8) is 0 Å². The number of halogens is 1. The Kier molecular flexibility index (Phi) is 5.40. The molecule has 127 valence electrons. The number of anilines is 1. The van der Waals surface area contributed by atoms with Crippen molar-refractivity contribution in [2.24, 2.45) is 0 Å². The molecule has 1 N–H and O–H groups in total. The fourth-order valence-electron chi connectivity index (χ4n) is 2.61. The van der Waals surface area contributed by atoms with Gasteiger partial charge in [0.05, 0.1) is 5.69 Å². The fourth-order valence-corrected chi connectivity index (χ4v) is 4.06. The number of piperazine rings is 1. The van der Waals surface area contributed by atoms with Crippen molar-refractivity contribution in [3.05, 3.63) is 64.7 Å². The first kappa shape index (κ1) is 17.2. The minimum absolute atomic E-state index is 0.412. The first-order valence-corrected chi connectivity index (χ1v) is 9.60. The minimum Gasteiger partial charge on any atom is -0.271 e. The van der Waals surface area contributed by atoms with Crippen LogP contribution in [0.2, 0.25) is 5.02 Å². The predicted molar refractivity (Wildman–Crippen MR) is 96.7 cm³/mol. The predicted octanol–water partition coefficient (Wildman–Crippen LogP) is 2.51. The molecule has 0 aliphatic carbocycles. The van der Waals surface area contributed by atoms with Gasteiger partial charge in [0.15, 0.2) is 0 Å². The number of hydrogen-bond donors (Lipinski definition) is 1.